The molecule has 1 N–H and O–H groups in total. The fraction of sp³-hybridized carbons (Fsp3) is 0.722. The Morgan fingerprint density at radius 3 is 2.62 bits per heavy atom. The number of dihydropyridines is 1. The molecule has 120 valence electrons. The lowest BCUT2D eigenvalue weighted by Crippen LogP contribution is -2.42. The summed E-state index contributed by atoms with van der Waals surface area (Å²) in [6, 6.07) is 0.426. The van der Waals surface area contributed by atoms with E-state index >= 15 is 0 Å². The summed E-state index contributed by atoms with van der Waals surface area (Å²) in [7, 11) is 0. The van der Waals surface area contributed by atoms with Gasteiger partial charge in [0.25, 0.3) is 0 Å². The predicted octanol–water partition coefficient (Wildman–Crippen LogP) is 3.97. The summed E-state index contributed by atoms with van der Waals surface area (Å²) >= 11 is 0. The molecule has 0 aromatic rings. The summed E-state index contributed by atoms with van der Waals surface area (Å²) in [5.74, 6) is 1.05. The minimum absolute atomic E-state index is 0.366. The SMILES string of the molecule is C=C(NC(C)C(CC)CC)C(C)(C)OCC1C=CC=NC1. The Bertz CT molecular complexity index is 381. The van der Waals surface area contributed by atoms with Crippen LogP contribution in [0.3, 0.4) is 0 Å². The second-order valence-electron chi connectivity index (χ2n) is 6.47. The third-order valence-electron chi connectivity index (χ3n) is 4.46. The van der Waals surface area contributed by atoms with Crippen LogP contribution in [0, 0.1) is 11.8 Å². The first-order valence-corrected chi connectivity index (χ1v) is 8.17. The highest BCUT2D eigenvalue weighted by molar-refractivity contribution is 5.71. The van der Waals surface area contributed by atoms with Crippen LogP contribution in [0.25, 0.3) is 0 Å². The normalized spacial score (nSPS) is 19.8. The van der Waals surface area contributed by atoms with Crippen molar-refractivity contribution in [1.82, 2.24) is 5.32 Å². The number of rotatable bonds is 9. The van der Waals surface area contributed by atoms with Crippen molar-refractivity contribution in [1.29, 1.82) is 0 Å². The Balaban J connectivity index is 2.46. The lowest BCUT2D eigenvalue weighted by Gasteiger charge is -2.34. The van der Waals surface area contributed by atoms with Gasteiger partial charge in [-0.2, -0.15) is 0 Å². The van der Waals surface area contributed by atoms with Gasteiger partial charge in [0.2, 0.25) is 0 Å². The summed E-state index contributed by atoms with van der Waals surface area (Å²) in [5, 5.41) is 3.54. The molecule has 0 radical (unpaired) electrons. The average Bonchev–Trinajstić information content (AvgIpc) is 2.47. The summed E-state index contributed by atoms with van der Waals surface area (Å²) in [6.45, 7) is 16.6. The molecule has 0 bridgehead atoms. The summed E-state index contributed by atoms with van der Waals surface area (Å²) in [6.07, 6.45) is 8.37. The molecule has 0 amide bonds. The van der Waals surface area contributed by atoms with Crippen LogP contribution in [0.1, 0.15) is 47.5 Å². The molecule has 0 saturated carbocycles. The summed E-state index contributed by atoms with van der Waals surface area (Å²) < 4.78 is 6.09. The molecule has 3 nitrogen and oxygen atoms in total. The van der Waals surface area contributed by atoms with Crippen molar-refractivity contribution in [2.75, 3.05) is 13.2 Å². The van der Waals surface area contributed by atoms with Crippen molar-refractivity contribution in [3.8, 4) is 0 Å². The van der Waals surface area contributed by atoms with Crippen LogP contribution in [0.5, 0.6) is 0 Å². The molecule has 0 saturated heterocycles. The van der Waals surface area contributed by atoms with E-state index in [4.69, 9.17) is 4.74 Å². The Kier molecular flexibility index (Phi) is 7.16. The van der Waals surface area contributed by atoms with E-state index in [1.165, 1.54) is 12.8 Å². The van der Waals surface area contributed by atoms with Crippen molar-refractivity contribution >= 4 is 6.21 Å². The molecular formula is C18H32N2O. The lowest BCUT2D eigenvalue weighted by atomic mass is 9.94. The molecule has 3 heteroatoms. The smallest absolute Gasteiger partial charge is 0.101 e. The Hall–Kier alpha value is -1.09. The molecular weight excluding hydrogens is 260 g/mol. The first-order chi connectivity index (χ1) is 9.90. The topological polar surface area (TPSA) is 33.6 Å². The molecule has 0 aromatic carbocycles. The van der Waals surface area contributed by atoms with Gasteiger partial charge in [0, 0.05) is 30.4 Å². The van der Waals surface area contributed by atoms with Crippen molar-refractivity contribution < 1.29 is 4.74 Å². The molecule has 2 unspecified atom stereocenters. The minimum Gasteiger partial charge on any atom is -0.384 e. The van der Waals surface area contributed by atoms with Crippen molar-refractivity contribution in [2.45, 2.75) is 59.1 Å². The van der Waals surface area contributed by atoms with Crippen LogP contribution in [-0.2, 0) is 4.74 Å². The number of hydrogen-bond acceptors (Lipinski definition) is 3. The molecule has 1 aliphatic rings. The van der Waals surface area contributed by atoms with Crippen LogP contribution < -0.4 is 5.32 Å². The van der Waals surface area contributed by atoms with Gasteiger partial charge in [-0.3, -0.25) is 4.99 Å². The molecule has 0 aromatic heterocycles. The number of nitrogens with one attached hydrogen (secondary N) is 1. The van der Waals surface area contributed by atoms with Gasteiger partial charge in [0.15, 0.2) is 0 Å². The van der Waals surface area contributed by atoms with E-state index in [0.29, 0.717) is 24.5 Å². The first-order valence-electron chi connectivity index (χ1n) is 8.17. The highest BCUT2D eigenvalue weighted by Crippen LogP contribution is 2.22. The fourth-order valence-electron chi connectivity index (χ4n) is 2.60. The number of ether oxygens (including phenoxy) is 1. The maximum Gasteiger partial charge on any atom is 0.101 e. The molecule has 0 aliphatic carbocycles. The van der Waals surface area contributed by atoms with E-state index in [0.717, 1.165) is 12.2 Å². The van der Waals surface area contributed by atoms with Gasteiger partial charge in [0.1, 0.15) is 5.60 Å². The molecule has 1 heterocycles. The monoisotopic (exact) mass is 292 g/mol. The summed E-state index contributed by atoms with van der Waals surface area (Å²) in [5.41, 5.74) is 0.597. The number of allylic oxidation sites excluding steroid dienone is 1. The van der Waals surface area contributed by atoms with Gasteiger partial charge in [-0.25, -0.2) is 0 Å². The largest absolute Gasteiger partial charge is 0.384 e. The van der Waals surface area contributed by atoms with E-state index in [9.17, 15) is 0 Å². The lowest BCUT2D eigenvalue weighted by molar-refractivity contribution is -0.00686. The van der Waals surface area contributed by atoms with Crippen molar-refractivity contribution in [3.63, 3.8) is 0 Å². The zero-order valence-electron chi connectivity index (χ0n) is 14.4. The van der Waals surface area contributed by atoms with Gasteiger partial charge < -0.3 is 10.1 Å². The van der Waals surface area contributed by atoms with Gasteiger partial charge >= 0.3 is 0 Å². The third kappa shape index (κ3) is 5.66. The minimum atomic E-state index is -0.366. The standard InChI is InChI=1S/C18H32N2O/c1-7-17(8-2)14(3)20-15(4)18(5,6)21-13-16-10-9-11-19-12-16/h9-11,14,16-17,20H,4,7-8,12-13H2,1-3,5-6H3. The van der Waals surface area contributed by atoms with Crippen LogP contribution in [-0.4, -0.2) is 31.0 Å². The third-order valence-corrected chi connectivity index (χ3v) is 4.46. The Morgan fingerprint density at radius 1 is 1.43 bits per heavy atom. The number of hydrogen-bond donors (Lipinski definition) is 1. The van der Waals surface area contributed by atoms with Gasteiger partial charge in [-0.15, -0.1) is 0 Å². The van der Waals surface area contributed by atoms with E-state index in [1.807, 2.05) is 12.3 Å². The van der Waals surface area contributed by atoms with Gasteiger partial charge in [-0.1, -0.05) is 39.3 Å². The Labute approximate surface area is 130 Å². The molecule has 0 fully saturated rings. The second-order valence-corrected chi connectivity index (χ2v) is 6.47. The van der Waals surface area contributed by atoms with Crippen LogP contribution in [0.15, 0.2) is 29.4 Å². The average molecular weight is 292 g/mol. The quantitative estimate of drug-likeness (QED) is 0.697. The highest BCUT2D eigenvalue weighted by atomic mass is 16.5. The highest BCUT2D eigenvalue weighted by Gasteiger charge is 2.26. The molecule has 0 spiro atoms. The molecule has 2 atom stereocenters. The zero-order chi connectivity index (χ0) is 15.9. The van der Waals surface area contributed by atoms with E-state index in [2.05, 4.69) is 57.6 Å². The van der Waals surface area contributed by atoms with Crippen molar-refractivity contribution in [2.24, 2.45) is 16.8 Å². The van der Waals surface area contributed by atoms with E-state index < -0.39 is 0 Å². The van der Waals surface area contributed by atoms with Gasteiger partial charge in [-0.05, 0) is 32.8 Å². The summed E-state index contributed by atoms with van der Waals surface area (Å²) in [4.78, 5) is 4.27. The first kappa shape index (κ1) is 18.0. The molecule has 1 aliphatic heterocycles. The Morgan fingerprint density at radius 2 is 2.10 bits per heavy atom. The fourth-order valence-corrected chi connectivity index (χ4v) is 2.60. The van der Waals surface area contributed by atoms with E-state index in [-0.39, 0.29) is 5.60 Å². The molecule has 1 rings (SSSR count). The second kappa shape index (κ2) is 8.38. The zero-order valence-corrected chi connectivity index (χ0v) is 14.4. The number of nitrogens with zero attached hydrogens (tertiary/aromatic N) is 1. The predicted molar refractivity (Wildman–Crippen MR) is 91.8 cm³/mol. The van der Waals surface area contributed by atoms with Crippen LogP contribution in [0.4, 0.5) is 0 Å². The van der Waals surface area contributed by atoms with E-state index in [1.54, 1.807) is 0 Å². The van der Waals surface area contributed by atoms with Crippen molar-refractivity contribution in [3.05, 3.63) is 24.4 Å². The maximum atomic E-state index is 6.09. The molecule has 21 heavy (non-hydrogen) atoms. The van der Waals surface area contributed by atoms with Crippen LogP contribution >= 0.6 is 0 Å². The van der Waals surface area contributed by atoms with Gasteiger partial charge in [0.05, 0.1) is 6.61 Å². The van der Waals surface area contributed by atoms with Crippen LogP contribution in [0.2, 0.25) is 0 Å². The maximum absolute atomic E-state index is 6.09. The number of aliphatic imine (C=N–C) groups is 1.